The van der Waals surface area contributed by atoms with Crippen LogP contribution in [-0.2, 0) is 9.47 Å². The molecule has 12 heavy (non-hydrogen) atoms. The third kappa shape index (κ3) is 6.58. The third-order valence-electron chi connectivity index (χ3n) is 1.55. The van der Waals surface area contributed by atoms with Crippen LogP contribution in [0.15, 0.2) is 0 Å². The first-order chi connectivity index (χ1) is 5.70. The predicted octanol–water partition coefficient (Wildman–Crippen LogP) is 1.89. The molecule has 1 N–H and O–H groups in total. The van der Waals surface area contributed by atoms with Gasteiger partial charge < -0.3 is 14.6 Å². The Morgan fingerprint density at radius 3 is 2.50 bits per heavy atom. The maximum absolute atomic E-state index is 9.08. The lowest BCUT2D eigenvalue weighted by Crippen LogP contribution is -2.21. The average Bonchev–Trinajstić information content (AvgIpc) is 2.05. The highest BCUT2D eigenvalue weighted by Crippen LogP contribution is 2.01. The Bertz CT molecular complexity index is 95.8. The molecular weight excluding hydrogens is 156 g/mol. The van der Waals surface area contributed by atoms with Gasteiger partial charge in [0.25, 0.3) is 0 Å². The Morgan fingerprint density at radius 2 is 2.00 bits per heavy atom. The van der Waals surface area contributed by atoms with Gasteiger partial charge in [-0.05, 0) is 19.8 Å². The van der Waals surface area contributed by atoms with E-state index >= 15 is 0 Å². The van der Waals surface area contributed by atoms with Crippen molar-refractivity contribution in [2.75, 3.05) is 6.61 Å². The van der Waals surface area contributed by atoms with Crippen LogP contribution in [0.25, 0.3) is 0 Å². The van der Waals surface area contributed by atoms with Gasteiger partial charge in [-0.1, -0.05) is 20.3 Å². The van der Waals surface area contributed by atoms with E-state index in [1.165, 1.54) is 0 Å². The van der Waals surface area contributed by atoms with Gasteiger partial charge in [0.2, 0.25) is 0 Å². The van der Waals surface area contributed by atoms with Gasteiger partial charge in [0, 0.05) is 6.61 Å². The lowest BCUT2D eigenvalue weighted by molar-refractivity contribution is -0.220. The number of aliphatic hydroxyl groups excluding tert-OH is 1. The van der Waals surface area contributed by atoms with Crippen LogP contribution in [-0.4, -0.2) is 24.3 Å². The molecule has 0 spiro atoms. The molecule has 0 heterocycles. The van der Waals surface area contributed by atoms with Gasteiger partial charge >= 0.3 is 0 Å². The number of aliphatic hydroxyl groups is 1. The zero-order valence-corrected chi connectivity index (χ0v) is 8.25. The first-order valence-electron chi connectivity index (χ1n) is 4.65. The molecule has 3 nitrogen and oxygen atoms in total. The van der Waals surface area contributed by atoms with E-state index in [0.29, 0.717) is 13.0 Å². The molecule has 0 aliphatic heterocycles. The zero-order chi connectivity index (χ0) is 9.40. The Kier molecular flexibility index (Phi) is 7.45. The summed E-state index contributed by atoms with van der Waals surface area (Å²) in [5, 5.41) is 9.08. The highest BCUT2D eigenvalue weighted by Gasteiger charge is 2.07. The summed E-state index contributed by atoms with van der Waals surface area (Å²) in [6.07, 6.45) is 1.76. The van der Waals surface area contributed by atoms with E-state index in [1.54, 1.807) is 6.92 Å². The molecule has 0 rings (SSSR count). The van der Waals surface area contributed by atoms with Crippen molar-refractivity contribution < 1.29 is 14.6 Å². The molecule has 2 atom stereocenters. The zero-order valence-electron chi connectivity index (χ0n) is 8.25. The van der Waals surface area contributed by atoms with Crippen molar-refractivity contribution in [3.8, 4) is 0 Å². The quantitative estimate of drug-likeness (QED) is 0.475. The Morgan fingerprint density at radius 1 is 1.33 bits per heavy atom. The summed E-state index contributed by atoms with van der Waals surface area (Å²) in [5.74, 6) is 0. The summed E-state index contributed by atoms with van der Waals surface area (Å²) >= 11 is 0. The smallest absolute Gasteiger partial charge is 0.157 e. The van der Waals surface area contributed by atoms with Crippen molar-refractivity contribution in [1.29, 1.82) is 0 Å². The molecular formula is C9H20O3. The van der Waals surface area contributed by atoms with Gasteiger partial charge in [-0.3, -0.25) is 0 Å². The fourth-order valence-corrected chi connectivity index (χ4v) is 0.750. The predicted molar refractivity (Wildman–Crippen MR) is 47.7 cm³/mol. The third-order valence-corrected chi connectivity index (χ3v) is 1.55. The van der Waals surface area contributed by atoms with Crippen LogP contribution in [0.1, 0.15) is 40.0 Å². The molecule has 3 heteroatoms. The number of unbranched alkanes of at least 4 members (excludes halogenated alkanes) is 1. The largest absolute Gasteiger partial charge is 0.368 e. The molecule has 0 aliphatic carbocycles. The van der Waals surface area contributed by atoms with Crippen molar-refractivity contribution in [3.63, 3.8) is 0 Å². The number of rotatable bonds is 7. The van der Waals surface area contributed by atoms with Gasteiger partial charge in [0.05, 0.1) is 0 Å². The maximum atomic E-state index is 9.08. The van der Waals surface area contributed by atoms with Crippen molar-refractivity contribution in [1.82, 2.24) is 0 Å². The Labute approximate surface area is 74.7 Å². The monoisotopic (exact) mass is 176 g/mol. The maximum Gasteiger partial charge on any atom is 0.157 e. The average molecular weight is 176 g/mol. The molecule has 0 aliphatic rings. The highest BCUT2D eigenvalue weighted by molar-refractivity contribution is 4.38. The lowest BCUT2D eigenvalue weighted by atomic mass is 10.4. The van der Waals surface area contributed by atoms with E-state index in [1.807, 2.05) is 6.92 Å². The minimum Gasteiger partial charge on any atom is -0.368 e. The molecule has 0 aromatic heterocycles. The second-order valence-corrected chi connectivity index (χ2v) is 2.79. The summed E-state index contributed by atoms with van der Waals surface area (Å²) in [6, 6.07) is 0. The van der Waals surface area contributed by atoms with E-state index in [2.05, 4.69) is 6.92 Å². The molecule has 0 saturated heterocycles. The summed E-state index contributed by atoms with van der Waals surface area (Å²) in [6.45, 7) is 6.47. The van der Waals surface area contributed by atoms with Crippen molar-refractivity contribution in [2.45, 2.75) is 52.6 Å². The molecule has 0 amide bonds. The topological polar surface area (TPSA) is 38.7 Å². The molecule has 0 aromatic carbocycles. The van der Waals surface area contributed by atoms with Gasteiger partial charge in [0.15, 0.2) is 12.6 Å². The standard InChI is InChI=1S/C9H20O3/c1-4-6-7-11-8(3)12-9(10)5-2/h8-10H,4-7H2,1-3H3. The summed E-state index contributed by atoms with van der Waals surface area (Å²) < 4.78 is 10.4. The molecule has 2 unspecified atom stereocenters. The Hall–Kier alpha value is -0.120. The van der Waals surface area contributed by atoms with Gasteiger partial charge in [-0.15, -0.1) is 0 Å². The number of hydrogen-bond donors (Lipinski definition) is 1. The van der Waals surface area contributed by atoms with Crippen molar-refractivity contribution in [2.24, 2.45) is 0 Å². The lowest BCUT2D eigenvalue weighted by Gasteiger charge is -2.17. The van der Waals surface area contributed by atoms with Gasteiger partial charge in [0.1, 0.15) is 0 Å². The van der Waals surface area contributed by atoms with E-state index in [-0.39, 0.29) is 6.29 Å². The van der Waals surface area contributed by atoms with Crippen LogP contribution in [0.3, 0.4) is 0 Å². The molecule has 0 bridgehead atoms. The fourth-order valence-electron chi connectivity index (χ4n) is 0.750. The SMILES string of the molecule is CCCCOC(C)OC(O)CC. The van der Waals surface area contributed by atoms with Crippen LogP contribution in [0.5, 0.6) is 0 Å². The van der Waals surface area contributed by atoms with Crippen LogP contribution < -0.4 is 0 Å². The van der Waals surface area contributed by atoms with Crippen LogP contribution >= 0.6 is 0 Å². The van der Waals surface area contributed by atoms with E-state index < -0.39 is 6.29 Å². The van der Waals surface area contributed by atoms with Gasteiger partial charge in [-0.25, -0.2) is 0 Å². The summed E-state index contributed by atoms with van der Waals surface area (Å²) in [7, 11) is 0. The van der Waals surface area contributed by atoms with Crippen LogP contribution in [0, 0.1) is 0 Å². The fraction of sp³-hybridized carbons (Fsp3) is 1.00. The highest BCUT2D eigenvalue weighted by atomic mass is 16.7. The van der Waals surface area contributed by atoms with Crippen molar-refractivity contribution in [3.05, 3.63) is 0 Å². The second kappa shape index (κ2) is 7.53. The number of hydrogen-bond acceptors (Lipinski definition) is 3. The van der Waals surface area contributed by atoms with E-state index in [4.69, 9.17) is 14.6 Å². The number of ether oxygens (including phenoxy) is 2. The molecule has 0 aromatic rings. The summed E-state index contributed by atoms with van der Waals surface area (Å²) in [4.78, 5) is 0. The second-order valence-electron chi connectivity index (χ2n) is 2.79. The van der Waals surface area contributed by atoms with Gasteiger partial charge in [-0.2, -0.15) is 0 Å². The molecule has 74 valence electrons. The van der Waals surface area contributed by atoms with Crippen LogP contribution in [0.4, 0.5) is 0 Å². The Balaban J connectivity index is 3.26. The normalized spacial score (nSPS) is 16.0. The minimum atomic E-state index is -0.693. The first kappa shape index (κ1) is 11.9. The van der Waals surface area contributed by atoms with Crippen molar-refractivity contribution >= 4 is 0 Å². The molecule has 0 saturated carbocycles. The molecule has 0 fully saturated rings. The van der Waals surface area contributed by atoms with Crippen LogP contribution in [0.2, 0.25) is 0 Å². The molecule has 0 radical (unpaired) electrons. The van der Waals surface area contributed by atoms with E-state index in [0.717, 1.165) is 12.8 Å². The minimum absolute atomic E-state index is 0.300. The van der Waals surface area contributed by atoms with E-state index in [9.17, 15) is 0 Å². The summed E-state index contributed by atoms with van der Waals surface area (Å²) in [5.41, 5.74) is 0. The first-order valence-corrected chi connectivity index (χ1v) is 4.65.